The summed E-state index contributed by atoms with van der Waals surface area (Å²) >= 11 is 0. The molecule has 0 aromatic rings. The number of carbonyl (C=O) groups is 1. The summed E-state index contributed by atoms with van der Waals surface area (Å²) in [5, 5.41) is 3.07. The first-order chi connectivity index (χ1) is 5.33. The Morgan fingerprint density at radius 3 is 3.09 bits per heavy atom. The Balaban J connectivity index is 2.23. The average Bonchev–Trinajstić information content (AvgIpc) is 2.40. The molecule has 1 heterocycles. The fourth-order valence-electron chi connectivity index (χ4n) is 1.07. The maximum Gasteiger partial charge on any atom is 0.331 e. The van der Waals surface area contributed by atoms with E-state index in [-0.39, 0.29) is 12.2 Å². The van der Waals surface area contributed by atoms with Crippen molar-refractivity contribution in [3.63, 3.8) is 0 Å². The predicted molar refractivity (Wildman–Crippen MR) is 41.9 cm³/mol. The highest BCUT2D eigenvalue weighted by molar-refractivity contribution is 5.81. The van der Waals surface area contributed by atoms with E-state index in [4.69, 9.17) is 4.74 Å². The summed E-state index contributed by atoms with van der Waals surface area (Å²) in [6, 6.07) is 0. The molecule has 1 atom stereocenters. The third-order valence-electron chi connectivity index (χ3n) is 1.58. The first-order valence-electron chi connectivity index (χ1n) is 3.89. The van der Waals surface area contributed by atoms with E-state index in [1.165, 1.54) is 6.08 Å². The van der Waals surface area contributed by atoms with Crippen molar-refractivity contribution in [2.24, 2.45) is 0 Å². The summed E-state index contributed by atoms with van der Waals surface area (Å²) in [6.07, 6.45) is 5.08. The van der Waals surface area contributed by atoms with Crippen molar-refractivity contribution in [2.75, 3.05) is 6.54 Å². The Kier molecular flexibility index (Phi) is 3.11. The number of nitrogens with one attached hydrogen (secondary N) is 1. The summed E-state index contributed by atoms with van der Waals surface area (Å²) in [6.45, 7) is 2.75. The van der Waals surface area contributed by atoms with Gasteiger partial charge in [-0.2, -0.15) is 0 Å². The molecule has 0 radical (unpaired) electrons. The highest BCUT2D eigenvalue weighted by Gasteiger charge is 2.16. The normalized spacial score (nSPS) is 24.3. The second-order valence-electron chi connectivity index (χ2n) is 2.52. The molecule has 1 N–H and O–H groups in total. The second kappa shape index (κ2) is 4.13. The molecule has 1 fully saturated rings. The van der Waals surface area contributed by atoms with Gasteiger partial charge in [0.25, 0.3) is 0 Å². The summed E-state index contributed by atoms with van der Waals surface area (Å²) in [7, 11) is 0. The summed E-state index contributed by atoms with van der Waals surface area (Å²) < 4.78 is 5.01. The van der Waals surface area contributed by atoms with Crippen LogP contribution in [0.15, 0.2) is 12.2 Å². The van der Waals surface area contributed by atoms with Crippen LogP contribution in [0.2, 0.25) is 0 Å². The number of esters is 1. The van der Waals surface area contributed by atoms with Crippen LogP contribution in [0, 0.1) is 0 Å². The van der Waals surface area contributed by atoms with Crippen LogP contribution in [-0.4, -0.2) is 18.7 Å². The number of ether oxygens (including phenoxy) is 1. The first kappa shape index (κ1) is 8.27. The van der Waals surface area contributed by atoms with E-state index in [1.54, 1.807) is 13.0 Å². The fourth-order valence-corrected chi connectivity index (χ4v) is 1.07. The van der Waals surface area contributed by atoms with Crippen LogP contribution in [0.5, 0.6) is 0 Å². The number of rotatable bonds is 2. The molecule has 1 unspecified atom stereocenters. The average molecular weight is 155 g/mol. The minimum Gasteiger partial charge on any atom is -0.443 e. The molecule has 1 rings (SSSR count). The van der Waals surface area contributed by atoms with Crippen LogP contribution in [0.3, 0.4) is 0 Å². The predicted octanol–water partition coefficient (Wildman–Crippen LogP) is 0.815. The molecular weight excluding hydrogens is 142 g/mol. The van der Waals surface area contributed by atoms with Crippen molar-refractivity contribution in [1.29, 1.82) is 0 Å². The number of carbonyl (C=O) groups excluding carboxylic acids is 1. The van der Waals surface area contributed by atoms with Gasteiger partial charge in [0, 0.05) is 6.08 Å². The lowest BCUT2D eigenvalue weighted by Crippen LogP contribution is -2.26. The van der Waals surface area contributed by atoms with E-state index in [2.05, 4.69) is 5.32 Å². The van der Waals surface area contributed by atoms with E-state index in [9.17, 15) is 4.79 Å². The monoisotopic (exact) mass is 155 g/mol. The molecule has 0 aromatic heterocycles. The molecule has 3 heteroatoms. The molecule has 0 saturated carbocycles. The highest BCUT2D eigenvalue weighted by Crippen LogP contribution is 2.06. The molecule has 62 valence electrons. The van der Waals surface area contributed by atoms with Crippen LogP contribution in [-0.2, 0) is 9.53 Å². The van der Waals surface area contributed by atoms with E-state index in [1.807, 2.05) is 0 Å². The van der Waals surface area contributed by atoms with Crippen LogP contribution < -0.4 is 5.32 Å². The molecule has 3 nitrogen and oxygen atoms in total. The Hall–Kier alpha value is -0.830. The second-order valence-corrected chi connectivity index (χ2v) is 2.52. The van der Waals surface area contributed by atoms with Gasteiger partial charge in [-0.25, -0.2) is 4.79 Å². The molecule has 11 heavy (non-hydrogen) atoms. The zero-order chi connectivity index (χ0) is 8.10. The van der Waals surface area contributed by atoms with Gasteiger partial charge in [0.1, 0.15) is 0 Å². The minimum absolute atomic E-state index is 0.0568. The van der Waals surface area contributed by atoms with Gasteiger partial charge in [-0.1, -0.05) is 6.08 Å². The van der Waals surface area contributed by atoms with Crippen molar-refractivity contribution in [2.45, 2.75) is 26.0 Å². The van der Waals surface area contributed by atoms with E-state index in [0.29, 0.717) is 0 Å². The molecular formula is C8H13NO2. The fraction of sp³-hybridized carbons (Fsp3) is 0.625. The van der Waals surface area contributed by atoms with Gasteiger partial charge in [-0.3, -0.25) is 5.32 Å². The third-order valence-corrected chi connectivity index (χ3v) is 1.58. The van der Waals surface area contributed by atoms with Gasteiger partial charge >= 0.3 is 5.97 Å². The lowest BCUT2D eigenvalue weighted by atomic mass is 10.4. The molecule has 0 aliphatic carbocycles. The first-order valence-corrected chi connectivity index (χ1v) is 3.89. The maximum atomic E-state index is 10.8. The summed E-state index contributed by atoms with van der Waals surface area (Å²) in [5.41, 5.74) is 0. The van der Waals surface area contributed by atoms with Crippen molar-refractivity contribution in [1.82, 2.24) is 5.32 Å². The van der Waals surface area contributed by atoms with Gasteiger partial charge < -0.3 is 4.74 Å². The minimum atomic E-state index is -0.257. The molecule has 1 aliphatic heterocycles. The maximum absolute atomic E-state index is 10.8. The Labute approximate surface area is 66.4 Å². The van der Waals surface area contributed by atoms with Crippen LogP contribution in [0.1, 0.15) is 19.8 Å². The smallest absolute Gasteiger partial charge is 0.331 e. The standard InChI is InChI=1S/C8H13NO2/c1-2-4-8(10)11-7-5-3-6-9-7/h2,4,7,9H,3,5-6H2,1H3. The largest absolute Gasteiger partial charge is 0.443 e. The molecule has 1 saturated heterocycles. The van der Waals surface area contributed by atoms with Gasteiger partial charge in [-0.15, -0.1) is 0 Å². The van der Waals surface area contributed by atoms with Crippen LogP contribution >= 0.6 is 0 Å². The third kappa shape index (κ3) is 2.72. The molecule has 0 aromatic carbocycles. The molecule has 1 aliphatic rings. The Bertz CT molecular complexity index is 159. The van der Waals surface area contributed by atoms with E-state index < -0.39 is 0 Å². The van der Waals surface area contributed by atoms with E-state index >= 15 is 0 Å². The molecule has 0 bridgehead atoms. The summed E-state index contributed by atoms with van der Waals surface area (Å²) in [4.78, 5) is 10.8. The number of hydrogen-bond donors (Lipinski definition) is 1. The van der Waals surface area contributed by atoms with Crippen molar-refractivity contribution in [3.8, 4) is 0 Å². The van der Waals surface area contributed by atoms with Gasteiger partial charge in [0.05, 0.1) is 0 Å². The summed E-state index contributed by atoms with van der Waals surface area (Å²) in [5.74, 6) is -0.257. The number of allylic oxidation sites excluding steroid dienone is 1. The van der Waals surface area contributed by atoms with Crippen LogP contribution in [0.4, 0.5) is 0 Å². The van der Waals surface area contributed by atoms with E-state index in [0.717, 1.165) is 19.4 Å². The van der Waals surface area contributed by atoms with Crippen molar-refractivity contribution in [3.05, 3.63) is 12.2 Å². The zero-order valence-electron chi connectivity index (χ0n) is 6.67. The quantitative estimate of drug-likeness (QED) is 0.474. The van der Waals surface area contributed by atoms with Crippen molar-refractivity contribution >= 4 is 5.97 Å². The lowest BCUT2D eigenvalue weighted by Gasteiger charge is -2.08. The van der Waals surface area contributed by atoms with Gasteiger partial charge in [0.2, 0.25) is 0 Å². The van der Waals surface area contributed by atoms with Crippen LogP contribution in [0.25, 0.3) is 0 Å². The van der Waals surface area contributed by atoms with Crippen molar-refractivity contribution < 1.29 is 9.53 Å². The number of hydrogen-bond acceptors (Lipinski definition) is 3. The molecule has 0 spiro atoms. The SMILES string of the molecule is CC=CC(=O)OC1CCCN1. The van der Waals surface area contributed by atoms with Gasteiger partial charge in [0.15, 0.2) is 6.23 Å². The Morgan fingerprint density at radius 2 is 2.55 bits per heavy atom. The topological polar surface area (TPSA) is 38.3 Å². The van der Waals surface area contributed by atoms with Gasteiger partial charge in [-0.05, 0) is 26.3 Å². The lowest BCUT2D eigenvalue weighted by molar-refractivity contribution is -0.143. The zero-order valence-corrected chi connectivity index (χ0v) is 6.67. The Morgan fingerprint density at radius 1 is 1.73 bits per heavy atom. The molecule has 0 amide bonds. The highest BCUT2D eigenvalue weighted by atomic mass is 16.6.